The van der Waals surface area contributed by atoms with Gasteiger partial charge in [-0.1, -0.05) is 20.3 Å². The summed E-state index contributed by atoms with van der Waals surface area (Å²) >= 11 is 0. The fourth-order valence-electron chi connectivity index (χ4n) is 1.82. The van der Waals surface area contributed by atoms with Gasteiger partial charge in [-0.15, -0.1) is 13.2 Å². The summed E-state index contributed by atoms with van der Waals surface area (Å²) in [7, 11) is 0. The number of carbonyl (C=O) groups excluding carboxylic acids is 2. The average molecular weight is 333 g/mol. The quantitative estimate of drug-likeness (QED) is 0.747. The number of ether oxygens (including phenoxy) is 1. The van der Waals surface area contributed by atoms with Crippen LogP contribution in [-0.4, -0.2) is 24.3 Å². The van der Waals surface area contributed by atoms with E-state index in [4.69, 9.17) is 5.73 Å². The largest absolute Gasteiger partial charge is 0.573 e. The van der Waals surface area contributed by atoms with E-state index in [0.717, 1.165) is 12.1 Å². The molecular formula is C14H18F3N3O3. The van der Waals surface area contributed by atoms with Gasteiger partial charge >= 0.3 is 12.4 Å². The molecule has 0 aliphatic carbocycles. The third-order valence-corrected chi connectivity index (χ3v) is 3.15. The SMILES string of the molecule is CC[C@H](C)[C@H](NC(N)=O)C(=O)Nc1ccc(OC(F)(F)F)cc1. The Hall–Kier alpha value is -2.45. The lowest BCUT2D eigenvalue weighted by Crippen LogP contribution is -2.49. The van der Waals surface area contributed by atoms with Gasteiger partial charge in [0, 0.05) is 5.69 Å². The van der Waals surface area contributed by atoms with Crippen molar-refractivity contribution in [2.24, 2.45) is 11.7 Å². The van der Waals surface area contributed by atoms with Crippen molar-refractivity contribution in [1.29, 1.82) is 0 Å². The maximum atomic E-state index is 12.2. The molecule has 9 heteroatoms. The van der Waals surface area contributed by atoms with Gasteiger partial charge in [0.1, 0.15) is 11.8 Å². The van der Waals surface area contributed by atoms with Crippen molar-refractivity contribution in [2.75, 3.05) is 5.32 Å². The molecule has 0 aliphatic rings. The van der Waals surface area contributed by atoms with Gasteiger partial charge in [0.2, 0.25) is 5.91 Å². The number of alkyl halides is 3. The number of urea groups is 1. The standard InChI is InChI=1S/C14H18F3N3O3/c1-3-8(2)11(20-13(18)22)12(21)19-9-4-6-10(7-5-9)23-14(15,16)17/h4-8,11H,3H2,1-2H3,(H,19,21)(H3,18,20,22)/t8-,11-/m0/s1. The minimum Gasteiger partial charge on any atom is -0.406 e. The first-order chi connectivity index (χ1) is 10.6. The molecule has 0 radical (unpaired) electrons. The number of hydrogen-bond acceptors (Lipinski definition) is 3. The lowest BCUT2D eigenvalue weighted by Gasteiger charge is -2.22. The molecule has 1 rings (SSSR count). The second-order valence-electron chi connectivity index (χ2n) is 4.93. The van der Waals surface area contributed by atoms with E-state index in [1.54, 1.807) is 6.92 Å². The lowest BCUT2D eigenvalue weighted by molar-refractivity contribution is -0.274. The number of halogens is 3. The van der Waals surface area contributed by atoms with Crippen LogP contribution in [0.2, 0.25) is 0 Å². The number of carbonyl (C=O) groups is 2. The second-order valence-corrected chi connectivity index (χ2v) is 4.93. The highest BCUT2D eigenvalue weighted by Crippen LogP contribution is 2.24. The molecule has 0 fully saturated rings. The summed E-state index contributed by atoms with van der Waals surface area (Å²) in [6.07, 6.45) is -4.16. The molecule has 0 heterocycles. The number of anilines is 1. The monoisotopic (exact) mass is 333 g/mol. The number of hydrogen-bond donors (Lipinski definition) is 3. The van der Waals surface area contributed by atoms with E-state index in [2.05, 4.69) is 15.4 Å². The molecule has 128 valence electrons. The van der Waals surface area contributed by atoms with Crippen molar-refractivity contribution >= 4 is 17.6 Å². The van der Waals surface area contributed by atoms with Crippen LogP contribution < -0.4 is 21.1 Å². The first-order valence-corrected chi connectivity index (χ1v) is 6.85. The second kappa shape index (κ2) is 7.70. The Morgan fingerprint density at radius 1 is 1.26 bits per heavy atom. The Morgan fingerprint density at radius 2 is 1.83 bits per heavy atom. The van der Waals surface area contributed by atoms with Crippen molar-refractivity contribution in [3.8, 4) is 5.75 Å². The fourth-order valence-corrected chi connectivity index (χ4v) is 1.82. The topological polar surface area (TPSA) is 93.5 Å². The Bertz CT molecular complexity index is 546. The molecule has 0 saturated carbocycles. The zero-order chi connectivity index (χ0) is 17.6. The highest BCUT2D eigenvalue weighted by Gasteiger charge is 2.31. The highest BCUT2D eigenvalue weighted by atomic mass is 19.4. The number of nitrogens with two attached hydrogens (primary N) is 1. The van der Waals surface area contributed by atoms with Gasteiger partial charge in [0.25, 0.3) is 0 Å². The fraction of sp³-hybridized carbons (Fsp3) is 0.429. The molecule has 2 atom stereocenters. The Balaban J connectivity index is 2.76. The van der Waals surface area contributed by atoms with E-state index in [-0.39, 0.29) is 11.6 Å². The molecule has 0 unspecified atom stereocenters. The summed E-state index contributed by atoms with van der Waals surface area (Å²) < 4.78 is 39.9. The van der Waals surface area contributed by atoms with Crippen LogP contribution in [0, 0.1) is 5.92 Å². The van der Waals surface area contributed by atoms with Crippen molar-refractivity contribution in [1.82, 2.24) is 5.32 Å². The predicted molar refractivity (Wildman–Crippen MR) is 77.7 cm³/mol. The van der Waals surface area contributed by atoms with Gasteiger partial charge < -0.3 is 21.1 Å². The molecular weight excluding hydrogens is 315 g/mol. The van der Waals surface area contributed by atoms with Crippen LogP contribution in [0.25, 0.3) is 0 Å². The van der Waals surface area contributed by atoms with Gasteiger partial charge in [-0.25, -0.2) is 4.79 Å². The maximum Gasteiger partial charge on any atom is 0.573 e. The van der Waals surface area contributed by atoms with Gasteiger partial charge in [0.05, 0.1) is 0 Å². The van der Waals surface area contributed by atoms with Crippen LogP contribution in [0.15, 0.2) is 24.3 Å². The van der Waals surface area contributed by atoms with Crippen molar-refractivity contribution in [3.63, 3.8) is 0 Å². The zero-order valence-electron chi connectivity index (χ0n) is 12.6. The number of rotatable bonds is 6. The zero-order valence-corrected chi connectivity index (χ0v) is 12.6. The summed E-state index contributed by atoms with van der Waals surface area (Å²) in [6.45, 7) is 3.61. The van der Waals surface area contributed by atoms with E-state index in [0.29, 0.717) is 6.42 Å². The van der Waals surface area contributed by atoms with Crippen molar-refractivity contribution in [2.45, 2.75) is 32.7 Å². The third-order valence-electron chi connectivity index (χ3n) is 3.15. The normalized spacial score (nSPS) is 13.8. The molecule has 0 spiro atoms. The molecule has 0 aliphatic heterocycles. The molecule has 1 aromatic carbocycles. The third kappa shape index (κ3) is 6.45. The molecule has 0 aromatic heterocycles. The number of nitrogens with one attached hydrogen (secondary N) is 2. The highest BCUT2D eigenvalue weighted by molar-refractivity contribution is 5.97. The van der Waals surface area contributed by atoms with Gasteiger partial charge in [-0.3, -0.25) is 4.79 Å². The summed E-state index contributed by atoms with van der Waals surface area (Å²) in [6, 6.07) is 2.99. The van der Waals surface area contributed by atoms with Crippen LogP contribution in [0.3, 0.4) is 0 Å². The van der Waals surface area contributed by atoms with Gasteiger partial charge in [-0.2, -0.15) is 0 Å². The number of benzene rings is 1. The maximum absolute atomic E-state index is 12.2. The van der Waals surface area contributed by atoms with E-state index in [1.165, 1.54) is 12.1 Å². The first-order valence-electron chi connectivity index (χ1n) is 6.85. The van der Waals surface area contributed by atoms with Gasteiger partial charge in [-0.05, 0) is 30.2 Å². The Morgan fingerprint density at radius 3 is 2.26 bits per heavy atom. The van der Waals surface area contributed by atoms with Crippen LogP contribution in [0.4, 0.5) is 23.7 Å². The summed E-state index contributed by atoms with van der Waals surface area (Å²) in [5.74, 6) is -1.08. The minimum atomic E-state index is -4.78. The van der Waals surface area contributed by atoms with Crippen LogP contribution in [0.1, 0.15) is 20.3 Å². The summed E-state index contributed by atoms with van der Waals surface area (Å²) in [4.78, 5) is 23.1. The first kappa shape index (κ1) is 18.6. The van der Waals surface area contributed by atoms with E-state index in [9.17, 15) is 22.8 Å². The van der Waals surface area contributed by atoms with E-state index >= 15 is 0 Å². The van der Waals surface area contributed by atoms with Crippen LogP contribution in [0.5, 0.6) is 5.75 Å². The summed E-state index contributed by atoms with van der Waals surface area (Å²) in [5, 5.41) is 4.85. The van der Waals surface area contributed by atoms with Crippen LogP contribution in [-0.2, 0) is 4.79 Å². The molecule has 23 heavy (non-hydrogen) atoms. The number of amides is 3. The van der Waals surface area contributed by atoms with Crippen LogP contribution >= 0.6 is 0 Å². The molecule has 0 saturated heterocycles. The smallest absolute Gasteiger partial charge is 0.406 e. The summed E-state index contributed by atoms with van der Waals surface area (Å²) in [5.41, 5.74) is 5.31. The molecule has 3 amide bonds. The molecule has 0 bridgehead atoms. The van der Waals surface area contributed by atoms with Crippen molar-refractivity contribution < 1.29 is 27.5 Å². The molecule has 6 nitrogen and oxygen atoms in total. The minimum absolute atomic E-state index is 0.171. The van der Waals surface area contributed by atoms with E-state index < -0.39 is 30.1 Å². The Labute approximate surface area is 131 Å². The van der Waals surface area contributed by atoms with Crippen molar-refractivity contribution in [3.05, 3.63) is 24.3 Å². The molecule has 1 aromatic rings. The molecule has 4 N–H and O–H groups in total. The Kier molecular flexibility index (Phi) is 6.23. The number of primary amides is 1. The lowest BCUT2D eigenvalue weighted by atomic mass is 9.98. The predicted octanol–water partition coefficient (Wildman–Crippen LogP) is 2.61. The van der Waals surface area contributed by atoms with E-state index in [1.807, 2.05) is 6.92 Å². The average Bonchev–Trinajstić information content (AvgIpc) is 2.44. The van der Waals surface area contributed by atoms with Gasteiger partial charge in [0.15, 0.2) is 0 Å².